The van der Waals surface area contributed by atoms with E-state index in [4.69, 9.17) is 5.73 Å². The van der Waals surface area contributed by atoms with E-state index >= 15 is 0 Å². The van der Waals surface area contributed by atoms with E-state index in [1.807, 2.05) is 0 Å². The molecule has 0 atom stereocenters. The van der Waals surface area contributed by atoms with Crippen molar-refractivity contribution in [1.29, 1.82) is 0 Å². The normalized spacial score (nSPS) is 15.7. The van der Waals surface area contributed by atoms with Crippen molar-refractivity contribution in [3.8, 4) is 0 Å². The number of aromatic nitrogens is 2. The molecular weight excluding hydrogens is 130 g/mol. The van der Waals surface area contributed by atoms with Gasteiger partial charge in [-0.3, -0.25) is 5.73 Å². The Morgan fingerprint density at radius 3 is 3.00 bits per heavy atom. The Balaban J connectivity index is 2.59. The summed E-state index contributed by atoms with van der Waals surface area (Å²) in [4.78, 5) is 7.61. The number of rotatable bonds is 0. The lowest BCUT2D eigenvalue weighted by Gasteiger charge is -1.94. The summed E-state index contributed by atoms with van der Waals surface area (Å²) in [5, 5.41) is 7.31. The van der Waals surface area contributed by atoms with Crippen molar-refractivity contribution in [2.75, 3.05) is 0 Å². The predicted octanol–water partition coefficient (Wildman–Crippen LogP) is 0.370. The molecule has 0 spiro atoms. The molecule has 1 aromatic rings. The molecule has 2 heterocycles. The van der Waals surface area contributed by atoms with Gasteiger partial charge < -0.3 is 0 Å². The smallest absolute Gasteiger partial charge is 0.205 e. The summed E-state index contributed by atoms with van der Waals surface area (Å²) in [6.45, 7) is 0. The van der Waals surface area contributed by atoms with E-state index in [0.717, 1.165) is 0 Å². The lowest BCUT2D eigenvalue weighted by atomic mass is 10.3. The van der Waals surface area contributed by atoms with Crippen LogP contribution >= 0.6 is 0 Å². The van der Waals surface area contributed by atoms with Crippen molar-refractivity contribution in [1.82, 2.24) is 9.97 Å². The molecule has 0 amide bonds. The molecule has 0 saturated heterocycles. The van der Waals surface area contributed by atoms with Crippen LogP contribution in [-0.4, -0.2) is 9.97 Å². The SMILES string of the molecule is N[C]1N=Nc2ncncc21. The van der Waals surface area contributed by atoms with Crippen molar-refractivity contribution in [3.05, 3.63) is 24.3 Å². The molecule has 5 heteroatoms. The fourth-order valence-corrected chi connectivity index (χ4v) is 0.739. The van der Waals surface area contributed by atoms with Crippen LogP contribution in [0.2, 0.25) is 0 Å². The minimum absolute atomic E-state index is 0.385. The quantitative estimate of drug-likeness (QED) is 0.556. The van der Waals surface area contributed by atoms with Gasteiger partial charge in [0.25, 0.3) is 0 Å². The summed E-state index contributed by atoms with van der Waals surface area (Å²) >= 11 is 0. The zero-order chi connectivity index (χ0) is 6.97. The molecule has 5 nitrogen and oxygen atoms in total. The Labute approximate surface area is 57.0 Å². The van der Waals surface area contributed by atoms with Crippen molar-refractivity contribution in [3.63, 3.8) is 0 Å². The summed E-state index contributed by atoms with van der Waals surface area (Å²) in [6.07, 6.45) is 3.39. The number of hydrogen-bond acceptors (Lipinski definition) is 5. The Kier molecular flexibility index (Phi) is 0.983. The van der Waals surface area contributed by atoms with Crippen LogP contribution in [0.4, 0.5) is 5.82 Å². The topological polar surface area (TPSA) is 76.5 Å². The Hall–Kier alpha value is -1.36. The van der Waals surface area contributed by atoms with E-state index in [1.54, 1.807) is 6.20 Å². The summed E-state index contributed by atoms with van der Waals surface area (Å²) in [5.74, 6) is 0.549. The number of fused-ring (bicyclic) bond motifs is 1. The number of hydrogen-bond donors (Lipinski definition) is 1. The average molecular weight is 134 g/mol. The lowest BCUT2D eigenvalue weighted by molar-refractivity contribution is 1.01. The molecule has 0 aromatic carbocycles. The van der Waals surface area contributed by atoms with Crippen molar-refractivity contribution in [2.24, 2.45) is 16.0 Å². The van der Waals surface area contributed by atoms with E-state index < -0.39 is 0 Å². The van der Waals surface area contributed by atoms with E-state index in [2.05, 4.69) is 20.2 Å². The first kappa shape index (κ1) is 5.43. The maximum absolute atomic E-state index is 5.42. The first-order valence-corrected chi connectivity index (χ1v) is 2.72. The molecule has 2 rings (SSSR count). The van der Waals surface area contributed by atoms with E-state index in [0.29, 0.717) is 17.5 Å². The summed E-state index contributed by atoms with van der Waals surface area (Å²) in [5.41, 5.74) is 6.13. The van der Waals surface area contributed by atoms with Crippen molar-refractivity contribution in [2.45, 2.75) is 0 Å². The molecule has 49 valence electrons. The minimum Gasteiger partial charge on any atom is -0.298 e. The first-order valence-electron chi connectivity index (χ1n) is 2.72. The van der Waals surface area contributed by atoms with Gasteiger partial charge in [0.15, 0.2) is 5.82 Å². The molecule has 0 unspecified atom stereocenters. The van der Waals surface area contributed by atoms with Crippen LogP contribution in [0.5, 0.6) is 0 Å². The van der Waals surface area contributed by atoms with E-state index in [1.165, 1.54) is 6.33 Å². The van der Waals surface area contributed by atoms with Gasteiger partial charge in [-0.1, -0.05) is 0 Å². The van der Waals surface area contributed by atoms with Crippen LogP contribution in [0, 0.1) is 6.17 Å². The van der Waals surface area contributed by atoms with E-state index in [9.17, 15) is 0 Å². The van der Waals surface area contributed by atoms with Crippen molar-refractivity contribution >= 4 is 5.82 Å². The van der Waals surface area contributed by atoms with Gasteiger partial charge >= 0.3 is 0 Å². The molecular formula is C5H4N5. The lowest BCUT2D eigenvalue weighted by Crippen LogP contribution is -2.04. The standard InChI is InChI=1S/C5H4N5/c6-4-3-1-7-2-8-5(3)10-9-4/h1-2H,6H2. The fraction of sp³-hybridized carbons (Fsp3) is 0. The Morgan fingerprint density at radius 2 is 2.20 bits per heavy atom. The van der Waals surface area contributed by atoms with Gasteiger partial charge in [0.05, 0.1) is 5.56 Å². The number of nitrogens with zero attached hydrogens (tertiary/aromatic N) is 4. The molecule has 1 aliphatic heterocycles. The molecule has 1 radical (unpaired) electrons. The highest BCUT2D eigenvalue weighted by atomic mass is 15.2. The monoisotopic (exact) mass is 134 g/mol. The third-order valence-corrected chi connectivity index (χ3v) is 1.22. The van der Waals surface area contributed by atoms with Crippen LogP contribution in [-0.2, 0) is 0 Å². The number of nitrogens with two attached hydrogens (primary N) is 1. The zero-order valence-electron chi connectivity index (χ0n) is 5.02. The van der Waals surface area contributed by atoms with Crippen LogP contribution in [0.25, 0.3) is 0 Å². The zero-order valence-corrected chi connectivity index (χ0v) is 5.02. The van der Waals surface area contributed by atoms with E-state index in [-0.39, 0.29) is 0 Å². The highest BCUT2D eigenvalue weighted by molar-refractivity contribution is 5.46. The van der Waals surface area contributed by atoms with Gasteiger partial charge in [0, 0.05) is 6.20 Å². The molecule has 10 heavy (non-hydrogen) atoms. The van der Waals surface area contributed by atoms with Crippen LogP contribution < -0.4 is 5.73 Å². The second-order valence-corrected chi connectivity index (χ2v) is 1.85. The molecule has 1 aliphatic rings. The van der Waals surface area contributed by atoms with Gasteiger partial charge in [-0.25, -0.2) is 9.97 Å². The van der Waals surface area contributed by atoms with Gasteiger partial charge in [-0.2, -0.15) is 5.11 Å². The second-order valence-electron chi connectivity index (χ2n) is 1.85. The first-order chi connectivity index (χ1) is 4.88. The summed E-state index contributed by atoms with van der Waals surface area (Å²) in [7, 11) is 0. The van der Waals surface area contributed by atoms with Gasteiger partial charge in [0.2, 0.25) is 6.17 Å². The highest BCUT2D eigenvalue weighted by Gasteiger charge is 2.18. The third kappa shape index (κ3) is 0.608. The van der Waals surface area contributed by atoms with Crippen LogP contribution in [0.3, 0.4) is 0 Å². The predicted molar refractivity (Wildman–Crippen MR) is 33.1 cm³/mol. The molecule has 0 bridgehead atoms. The average Bonchev–Trinajstić information content (AvgIpc) is 2.34. The van der Waals surface area contributed by atoms with Gasteiger partial charge in [-0.15, -0.1) is 5.11 Å². The molecule has 2 N–H and O–H groups in total. The molecule has 0 aliphatic carbocycles. The summed E-state index contributed by atoms with van der Waals surface area (Å²) < 4.78 is 0. The number of azo groups is 1. The molecule has 1 aromatic heterocycles. The second kappa shape index (κ2) is 1.81. The van der Waals surface area contributed by atoms with Crippen LogP contribution in [0.1, 0.15) is 5.56 Å². The maximum atomic E-state index is 5.42. The highest BCUT2D eigenvalue weighted by Crippen LogP contribution is 2.27. The molecule has 0 saturated carbocycles. The van der Waals surface area contributed by atoms with Gasteiger partial charge in [-0.05, 0) is 0 Å². The fourth-order valence-electron chi connectivity index (χ4n) is 0.739. The third-order valence-electron chi connectivity index (χ3n) is 1.22. The Bertz CT molecular complexity index is 281. The van der Waals surface area contributed by atoms with Gasteiger partial charge in [0.1, 0.15) is 6.33 Å². The largest absolute Gasteiger partial charge is 0.298 e. The minimum atomic E-state index is 0.385. The van der Waals surface area contributed by atoms with Crippen molar-refractivity contribution < 1.29 is 0 Å². The maximum Gasteiger partial charge on any atom is 0.205 e. The molecule has 0 fully saturated rings. The summed E-state index contributed by atoms with van der Waals surface area (Å²) in [6, 6.07) is 0. The van der Waals surface area contributed by atoms with Crippen LogP contribution in [0.15, 0.2) is 22.8 Å². The Morgan fingerprint density at radius 1 is 1.30 bits per heavy atom.